The van der Waals surface area contributed by atoms with Gasteiger partial charge in [0.25, 0.3) is 5.91 Å². The van der Waals surface area contributed by atoms with Gasteiger partial charge in [0.1, 0.15) is 22.0 Å². The Morgan fingerprint density at radius 3 is 2.53 bits per heavy atom. The Labute approximate surface area is 199 Å². The van der Waals surface area contributed by atoms with E-state index in [-0.39, 0.29) is 29.6 Å². The Kier molecular flexibility index (Phi) is 6.73. The fraction of sp³-hybridized carbons (Fsp3) is 0.0870. The van der Waals surface area contributed by atoms with Crippen molar-refractivity contribution in [2.24, 2.45) is 0 Å². The van der Waals surface area contributed by atoms with E-state index in [2.05, 4.69) is 20.0 Å². The van der Waals surface area contributed by atoms with E-state index in [0.29, 0.717) is 10.6 Å². The summed E-state index contributed by atoms with van der Waals surface area (Å²) in [4.78, 5) is 20.1. The summed E-state index contributed by atoms with van der Waals surface area (Å²) in [6, 6.07) is 11.9. The van der Waals surface area contributed by atoms with E-state index in [4.69, 9.17) is 11.6 Å². The van der Waals surface area contributed by atoms with Crippen LogP contribution in [0.5, 0.6) is 5.75 Å². The second-order valence-corrected chi connectivity index (χ2v) is 9.49. The van der Waals surface area contributed by atoms with Crippen LogP contribution >= 0.6 is 11.6 Å². The highest BCUT2D eigenvalue weighted by atomic mass is 35.5. The van der Waals surface area contributed by atoms with E-state index in [1.165, 1.54) is 6.20 Å². The van der Waals surface area contributed by atoms with Gasteiger partial charge in [-0.05, 0) is 41.5 Å². The molecule has 34 heavy (non-hydrogen) atoms. The molecule has 2 aromatic heterocycles. The van der Waals surface area contributed by atoms with Crippen molar-refractivity contribution >= 4 is 38.4 Å². The van der Waals surface area contributed by atoms with Gasteiger partial charge in [-0.25, -0.2) is 17.5 Å². The van der Waals surface area contributed by atoms with E-state index in [0.717, 1.165) is 23.9 Å². The highest BCUT2D eigenvalue weighted by Gasteiger charge is 2.24. The number of carbonyl (C=O) groups is 1. The number of fused-ring (bicyclic) bond motifs is 1. The number of sulfonamides is 1. The van der Waals surface area contributed by atoms with Gasteiger partial charge >= 0.3 is 0 Å². The van der Waals surface area contributed by atoms with Crippen LogP contribution in [0.4, 0.5) is 4.39 Å². The summed E-state index contributed by atoms with van der Waals surface area (Å²) in [7, 11) is -4.21. The van der Waals surface area contributed by atoms with Crippen LogP contribution in [0, 0.1) is 5.82 Å². The van der Waals surface area contributed by atoms with Gasteiger partial charge in [0.2, 0.25) is 10.0 Å². The predicted octanol–water partition coefficient (Wildman–Crippen LogP) is 3.54. The normalized spacial score (nSPS) is 11.5. The van der Waals surface area contributed by atoms with Crippen molar-refractivity contribution < 1.29 is 22.7 Å². The van der Waals surface area contributed by atoms with E-state index >= 15 is 0 Å². The molecule has 0 aliphatic carbocycles. The Morgan fingerprint density at radius 2 is 1.82 bits per heavy atom. The minimum atomic E-state index is -4.21. The van der Waals surface area contributed by atoms with Gasteiger partial charge < -0.3 is 10.4 Å². The standard InChI is InChI=1S/C23H18ClFN4O4S/c24-16-5-3-14(4-6-16)11-28-23(31)19-13-27-21-18(22(19)30)8-17(25)9-20(21)34(32,33)29-12-15-2-1-7-26-10-15/h1-10,13,29H,11-12H2,(H,27,30)(H,28,31). The zero-order valence-corrected chi connectivity index (χ0v) is 19.1. The van der Waals surface area contributed by atoms with Gasteiger partial charge in [-0.15, -0.1) is 0 Å². The topological polar surface area (TPSA) is 121 Å². The quantitative estimate of drug-likeness (QED) is 0.357. The fourth-order valence-electron chi connectivity index (χ4n) is 3.23. The maximum atomic E-state index is 14.4. The van der Waals surface area contributed by atoms with Crippen molar-refractivity contribution in [1.82, 2.24) is 20.0 Å². The number of rotatable bonds is 7. The second kappa shape index (κ2) is 9.72. The zero-order chi connectivity index (χ0) is 24.3. The molecule has 2 aromatic carbocycles. The molecule has 0 aliphatic heterocycles. The molecule has 0 spiro atoms. The molecule has 0 atom stereocenters. The molecule has 0 fully saturated rings. The number of nitrogens with one attached hydrogen (secondary N) is 2. The average Bonchev–Trinajstić information content (AvgIpc) is 2.83. The molecular formula is C23H18ClFN4O4S. The summed E-state index contributed by atoms with van der Waals surface area (Å²) in [5.41, 5.74) is 0.970. The average molecular weight is 501 g/mol. The monoisotopic (exact) mass is 500 g/mol. The van der Waals surface area contributed by atoms with Gasteiger partial charge in [-0.1, -0.05) is 29.8 Å². The Bertz CT molecular complexity index is 1470. The first-order valence-corrected chi connectivity index (χ1v) is 11.8. The number of benzene rings is 2. The second-order valence-electron chi connectivity index (χ2n) is 7.32. The molecule has 3 N–H and O–H groups in total. The van der Waals surface area contributed by atoms with Crippen molar-refractivity contribution in [3.8, 4) is 5.75 Å². The largest absolute Gasteiger partial charge is 0.506 e. The number of hydrogen-bond acceptors (Lipinski definition) is 6. The third-order valence-corrected chi connectivity index (χ3v) is 6.63. The zero-order valence-electron chi connectivity index (χ0n) is 17.5. The summed E-state index contributed by atoms with van der Waals surface area (Å²) >= 11 is 5.85. The first kappa shape index (κ1) is 23.6. The predicted molar refractivity (Wildman–Crippen MR) is 124 cm³/mol. The SMILES string of the molecule is O=C(NCc1ccc(Cl)cc1)c1cnc2c(S(=O)(=O)NCc3cccnc3)cc(F)cc2c1O. The number of nitrogens with zero attached hydrogens (tertiary/aromatic N) is 2. The van der Waals surface area contributed by atoms with Gasteiger partial charge in [0.05, 0.1) is 5.52 Å². The van der Waals surface area contributed by atoms with E-state index < -0.39 is 32.4 Å². The third kappa shape index (κ3) is 5.14. The van der Waals surface area contributed by atoms with Gasteiger partial charge in [0, 0.05) is 42.1 Å². The van der Waals surface area contributed by atoms with Crippen LogP contribution in [0.15, 0.2) is 72.0 Å². The third-order valence-electron chi connectivity index (χ3n) is 4.96. The van der Waals surface area contributed by atoms with Crippen LogP contribution in [0.3, 0.4) is 0 Å². The molecule has 11 heteroatoms. The first-order chi connectivity index (χ1) is 16.2. The number of aromatic hydroxyl groups is 1. The fourth-order valence-corrected chi connectivity index (χ4v) is 4.56. The molecule has 2 heterocycles. The highest BCUT2D eigenvalue weighted by molar-refractivity contribution is 7.89. The summed E-state index contributed by atoms with van der Waals surface area (Å²) in [5, 5.41) is 13.6. The van der Waals surface area contributed by atoms with Crippen LogP contribution in [0.2, 0.25) is 5.02 Å². The summed E-state index contributed by atoms with van der Waals surface area (Å²) < 4.78 is 42.5. The smallest absolute Gasteiger partial charge is 0.256 e. The van der Waals surface area contributed by atoms with Crippen LogP contribution in [0.25, 0.3) is 10.9 Å². The number of aromatic nitrogens is 2. The van der Waals surface area contributed by atoms with Crippen LogP contribution in [-0.2, 0) is 23.1 Å². The van der Waals surface area contributed by atoms with Gasteiger partial charge in [-0.2, -0.15) is 0 Å². The molecule has 4 aromatic rings. The molecule has 0 saturated carbocycles. The molecule has 0 saturated heterocycles. The van der Waals surface area contributed by atoms with Crippen LogP contribution in [0.1, 0.15) is 21.5 Å². The molecule has 1 amide bonds. The van der Waals surface area contributed by atoms with Crippen LogP contribution in [-0.4, -0.2) is 29.4 Å². The molecular weight excluding hydrogens is 483 g/mol. The van der Waals surface area contributed by atoms with Crippen molar-refractivity contribution in [2.75, 3.05) is 0 Å². The van der Waals surface area contributed by atoms with Crippen molar-refractivity contribution in [3.63, 3.8) is 0 Å². The van der Waals surface area contributed by atoms with E-state index in [9.17, 15) is 22.7 Å². The number of pyridine rings is 2. The molecule has 0 unspecified atom stereocenters. The molecule has 4 rings (SSSR count). The minimum Gasteiger partial charge on any atom is -0.506 e. The van der Waals surface area contributed by atoms with Crippen molar-refractivity contribution in [1.29, 1.82) is 0 Å². The molecule has 0 bridgehead atoms. The molecule has 8 nitrogen and oxygen atoms in total. The molecule has 0 aliphatic rings. The Balaban J connectivity index is 1.62. The maximum Gasteiger partial charge on any atom is 0.256 e. The summed E-state index contributed by atoms with van der Waals surface area (Å²) in [5.74, 6) is -2.16. The Hall–Kier alpha value is -3.60. The summed E-state index contributed by atoms with van der Waals surface area (Å²) in [6.45, 7) is 0.0693. The van der Waals surface area contributed by atoms with Gasteiger partial charge in [0.15, 0.2) is 0 Å². The Morgan fingerprint density at radius 1 is 1.06 bits per heavy atom. The molecule has 174 valence electrons. The molecule has 0 radical (unpaired) electrons. The van der Waals surface area contributed by atoms with Crippen molar-refractivity contribution in [2.45, 2.75) is 18.0 Å². The lowest BCUT2D eigenvalue weighted by molar-refractivity contribution is 0.0948. The van der Waals surface area contributed by atoms with Crippen molar-refractivity contribution in [3.05, 3.63) is 94.7 Å². The number of halogens is 2. The van der Waals surface area contributed by atoms with Gasteiger partial charge in [-0.3, -0.25) is 14.8 Å². The van der Waals surface area contributed by atoms with E-state index in [1.807, 2.05) is 0 Å². The van der Waals surface area contributed by atoms with E-state index in [1.54, 1.807) is 42.6 Å². The minimum absolute atomic E-state index is 0.0780. The highest BCUT2D eigenvalue weighted by Crippen LogP contribution is 2.32. The first-order valence-electron chi connectivity index (χ1n) is 9.97. The number of carbonyl (C=O) groups excluding carboxylic acids is 1. The maximum absolute atomic E-state index is 14.4. The lowest BCUT2D eigenvalue weighted by Crippen LogP contribution is -2.24. The lowest BCUT2D eigenvalue weighted by Gasteiger charge is -2.12. The summed E-state index contributed by atoms with van der Waals surface area (Å²) in [6.07, 6.45) is 4.09. The number of amides is 1. The lowest BCUT2D eigenvalue weighted by atomic mass is 10.1. The van der Waals surface area contributed by atoms with Crippen LogP contribution < -0.4 is 10.0 Å². The number of hydrogen-bond donors (Lipinski definition) is 3.